The molecule has 0 fully saturated rings. The quantitative estimate of drug-likeness (QED) is 0.825. The van der Waals surface area contributed by atoms with E-state index in [1.807, 2.05) is 32.0 Å². The highest BCUT2D eigenvalue weighted by atomic mass is 19.2. The molecule has 0 N–H and O–H groups in total. The summed E-state index contributed by atoms with van der Waals surface area (Å²) in [7, 11) is 0. The first-order chi connectivity index (χ1) is 9.47. The molecule has 0 heterocycles. The molecule has 0 bridgehead atoms. The number of ketones is 1. The zero-order valence-electron chi connectivity index (χ0n) is 11.5. The summed E-state index contributed by atoms with van der Waals surface area (Å²) in [4.78, 5) is 12.1. The molecule has 0 aliphatic carbocycles. The maximum Gasteiger partial charge on any atom is 0.159 e. The van der Waals surface area contributed by atoms with Crippen LogP contribution in [0.5, 0.6) is 0 Å². The van der Waals surface area contributed by atoms with E-state index in [0.717, 1.165) is 28.8 Å². The van der Waals surface area contributed by atoms with Crippen LogP contribution in [-0.2, 0) is 17.6 Å². The highest BCUT2D eigenvalue weighted by molar-refractivity contribution is 5.83. The first-order valence-corrected chi connectivity index (χ1v) is 6.48. The molecule has 0 aromatic heterocycles. The van der Waals surface area contributed by atoms with E-state index in [1.54, 1.807) is 0 Å². The van der Waals surface area contributed by atoms with E-state index in [1.165, 1.54) is 6.07 Å². The van der Waals surface area contributed by atoms with Gasteiger partial charge < -0.3 is 0 Å². The Hall–Kier alpha value is -2.03. The fourth-order valence-corrected chi connectivity index (χ4v) is 2.26. The van der Waals surface area contributed by atoms with Crippen molar-refractivity contribution in [1.29, 1.82) is 0 Å². The van der Waals surface area contributed by atoms with Crippen LogP contribution < -0.4 is 0 Å². The van der Waals surface area contributed by atoms with E-state index < -0.39 is 11.6 Å². The molecule has 0 amide bonds. The van der Waals surface area contributed by atoms with E-state index in [-0.39, 0.29) is 12.2 Å². The Morgan fingerprint density at radius 3 is 2.20 bits per heavy atom. The smallest absolute Gasteiger partial charge is 0.159 e. The summed E-state index contributed by atoms with van der Waals surface area (Å²) in [5.41, 5.74) is 3.66. The average molecular weight is 274 g/mol. The second-order valence-electron chi connectivity index (χ2n) is 5.01. The second kappa shape index (κ2) is 5.95. The molecule has 0 spiro atoms. The number of aryl methyl sites for hydroxylation is 2. The molecular formula is C17H16F2O. The lowest BCUT2D eigenvalue weighted by atomic mass is 9.96. The summed E-state index contributed by atoms with van der Waals surface area (Å²) >= 11 is 0. The molecule has 0 saturated carbocycles. The van der Waals surface area contributed by atoms with Crippen molar-refractivity contribution in [3.05, 3.63) is 70.3 Å². The van der Waals surface area contributed by atoms with Gasteiger partial charge in [0.2, 0.25) is 0 Å². The Labute approximate surface area is 117 Å². The van der Waals surface area contributed by atoms with Gasteiger partial charge in [-0.2, -0.15) is 0 Å². The third-order valence-electron chi connectivity index (χ3n) is 3.40. The number of carbonyl (C=O) groups excluding carboxylic acids is 1. The van der Waals surface area contributed by atoms with E-state index >= 15 is 0 Å². The van der Waals surface area contributed by atoms with Gasteiger partial charge in [-0.1, -0.05) is 24.3 Å². The van der Waals surface area contributed by atoms with Crippen molar-refractivity contribution in [3.8, 4) is 0 Å². The van der Waals surface area contributed by atoms with Crippen molar-refractivity contribution < 1.29 is 13.6 Å². The summed E-state index contributed by atoms with van der Waals surface area (Å²) in [6.07, 6.45) is 0.433. The van der Waals surface area contributed by atoms with Gasteiger partial charge in [-0.15, -0.1) is 0 Å². The van der Waals surface area contributed by atoms with Crippen LogP contribution in [0.4, 0.5) is 8.78 Å². The van der Waals surface area contributed by atoms with Crippen molar-refractivity contribution >= 4 is 5.78 Å². The lowest BCUT2D eigenvalue weighted by Crippen LogP contribution is -2.09. The van der Waals surface area contributed by atoms with Gasteiger partial charge in [-0.05, 0) is 48.2 Å². The van der Waals surface area contributed by atoms with Gasteiger partial charge in [0.1, 0.15) is 5.78 Å². The predicted molar refractivity (Wildman–Crippen MR) is 74.7 cm³/mol. The third kappa shape index (κ3) is 3.29. The molecule has 104 valence electrons. The fraction of sp³-hybridized carbons (Fsp3) is 0.235. The number of benzene rings is 2. The topological polar surface area (TPSA) is 17.1 Å². The predicted octanol–water partition coefficient (Wildman–Crippen LogP) is 3.94. The number of Topliss-reactive ketones (excluding diaryl/α,β-unsaturated/α-hetero) is 1. The summed E-state index contributed by atoms with van der Waals surface area (Å²) in [5, 5.41) is 0. The van der Waals surface area contributed by atoms with Crippen molar-refractivity contribution in [2.75, 3.05) is 0 Å². The summed E-state index contributed by atoms with van der Waals surface area (Å²) in [6.45, 7) is 3.93. The molecule has 0 aliphatic heterocycles. The van der Waals surface area contributed by atoms with Gasteiger partial charge in [-0.25, -0.2) is 8.78 Å². The van der Waals surface area contributed by atoms with Crippen LogP contribution >= 0.6 is 0 Å². The number of carbonyl (C=O) groups is 1. The van der Waals surface area contributed by atoms with Crippen LogP contribution in [0, 0.1) is 25.5 Å². The largest absolute Gasteiger partial charge is 0.299 e. The zero-order valence-corrected chi connectivity index (χ0v) is 11.5. The molecule has 2 aromatic rings. The highest BCUT2D eigenvalue weighted by Crippen LogP contribution is 2.16. The maximum absolute atomic E-state index is 13.1. The lowest BCUT2D eigenvalue weighted by Gasteiger charge is -2.09. The van der Waals surface area contributed by atoms with Crippen LogP contribution in [0.15, 0.2) is 36.4 Å². The van der Waals surface area contributed by atoms with Crippen molar-refractivity contribution in [2.24, 2.45) is 0 Å². The maximum atomic E-state index is 13.1. The Morgan fingerprint density at radius 2 is 1.60 bits per heavy atom. The monoisotopic (exact) mass is 274 g/mol. The summed E-state index contributed by atoms with van der Waals surface area (Å²) in [5.74, 6) is -1.81. The van der Waals surface area contributed by atoms with Crippen LogP contribution in [0.2, 0.25) is 0 Å². The molecule has 3 heteroatoms. The molecular weight excluding hydrogens is 258 g/mol. The van der Waals surface area contributed by atoms with Crippen molar-refractivity contribution in [2.45, 2.75) is 26.7 Å². The Kier molecular flexibility index (Phi) is 4.28. The fourth-order valence-electron chi connectivity index (χ4n) is 2.26. The number of rotatable bonds is 4. The van der Waals surface area contributed by atoms with E-state index in [2.05, 4.69) is 0 Å². The minimum absolute atomic E-state index is 0.00610. The molecule has 0 radical (unpaired) electrons. The third-order valence-corrected chi connectivity index (χ3v) is 3.40. The molecule has 0 atom stereocenters. The Morgan fingerprint density at radius 1 is 0.950 bits per heavy atom. The molecule has 0 saturated heterocycles. The van der Waals surface area contributed by atoms with Gasteiger partial charge in [-0.3, -0.25) is 4.79 Å². The van der Waals surface area contributed by atoms with Gasteiger partial charge in [0, 0.05) is 12.8 Å². The molecule has 2 rings (SSSR count). The second-order valence-corrected chi connectivity index (χ2v) is 5.01. The Bertz CT molecular complexity index is 627. The van der Waals surface area contributed by atoms with E-state index in [4.69, 9.17) is 0 Å². The minimum Gasteiger partial charge on any atom is -0.299 e. The van der Waals surface area contributed by atoms with Gasteiger partial charge in [0.05, 0.1) is 0 Å². The molecule has 1 nitrogen and oxygen atoms in total. The first kappa shape index (κ1) is 14.4. The number of halogens is 2. The van der Waals surface area contributed by atoms with Gasteiger partial charge in [0.25, 0.3) is 0 Å². The van der Waals surface area contributed by atoms with E-state index in [9.17, 15) is 13.6 Å². The van der Waals surface area contributed by atoms with Gasteiger partial charge in [0.15, 0.2) is 11.6 Å². The minimum atomic E-state index is -0.914. The highest BCUT2D eigenvalue weighted by Gasteiger charge is 2.11. The SMILES string of the molecule is Cc1cccc(C)c1CC(=O)Cc1ccc(F)c(F)c1. The van der Waals surface area contributed by atoms with Crippen LogP contribution in [0.25, 0.3) is 0 Å². The van der Waals surface area contributed by atoms with Crippen molar-refractivity contribution in [1.82, 2.24) is 0 Å². The normalized spacial score (nSPS) is 10.6. The molecule has 2 aromatic carbocycles. The van der Waals surface area contributed by atoms with Crippen LogP contribution in [-0.4, -0.2) is 5.78 Å². The molecule has 0 aliphatic rings. The first-order valence-electron chi connectivity index (χ1n) is 6.48. The van der Waals surface area contributed by atoms with E-state index in [0.29, 0.717) is 12.0 Å². The summed E-state index contributed by atoms with van der Waals surface area (Å²) in [6, 6.07) is 9.46. The molecule has 20 heavy (non-hydrogen) atoms. The zero-order chi connectivity index (χ0) is 14.7. The van der Waals surface area contributed by atoms with Gasteiger partial charge >= 0.3 is 0 Å². The number of hydrogen-bond donors (Lipinski definition) is 0. The van der Waals surface area contributed by atoms with Crippen LogP contribution in [0.3, 0.4) is 0 Å². The number of hydrogen-bond acceptors (Lipinski definition) is 1. The lowest BCUT2D eigenvalue weighted by molar-refractivity contribution is -0.117. The molecule has 0 unspecified atom stereocenters. The standard InChI is InChI=1S/C17H16F2O/c1-11-4-3-5-12(2)15(11)10-14(20)8-13-6-7-16(18)17(19)9-13/h3-7,9H,8,10H2,1-2H3. The summed E-state index contributed by atoms with van der Waals surface area (Å²) < 4.78 is 25.9. The van der Waals surface area contributed by atoms with Crippen molar-refractivity contribution in [3.63, 3.8) is 0 Å². The average Bonchev–Trinajstić information content (AvgIpc) is 2.38. The van der Waals surface area contributed by atoms with Crippen LogP contribution in [0.1, 0.15) is 22.3 Å². The Balaban J connectivity index is 2.11.